The summed E-state index contributed by atoms with van der Waals surface area (Å²) in [6.45, 7) is 2.45. The number of amides is 1. The van der Waals surface area contributed by atoms with Gasteiger partial charge in [0, 0.05) is 12.1 Å². The van der Waals surface area contributed by atoms with Crippen LogP contribution in [0.4, 0.5) is 4.39 Å². The Balaban J connectivity index is 1.35. The fraction of sp³-hybridized carbons (Fsp3) is 0.238. The highest BCUT2D eigenvalue weighted by Crippen LogP contribution is 2.36. The molecule has 0 aliphatic carbocycles. The predicted molar refractivity (Wildman–Crippen MR) is 99.6 cm³/mol. The van der Waals surface area contributed by atoms with E-state index in [4.69, 9.17) is 13.9 Å². The highest BCUT2D eigenvalue weighted by molar-refractivity contribution is 5.78. The Morgan fingerprint density at radius 2 is 1.93 bits per heavy atom. The lowest BCUT2D eigenvalue weighted by Gasteiger charge is -2.04. The van der Waals surface area contributed by atoms with E-state index in [1.807, 2.05) is 6.07 Å². The summed E-state index contributed by atoms with van der Waals surface area (Å²) in [6.07, 6.45) is 0.759. The van der Waals surface area contributed by atoms with Gasteiger partial charge in [0.15, 0.2) is 11.5 Å². The van der Waals surface area contributed by atoms with Crippen LogP contribution in [0.1, 0.15) is 17.0 Å². The Kier molecular flexibility index (Phi) is 4.97. The first-order chi connectivity index (χ1) is 13.6. The predicted octanol–water partition coefficient (Wildman–Crippen LogP) is 3.42. The fourth-order valence-electron chi connectivity index (χ4n) is 2.96. The Hall–Kier alpha value is -3.35. The first-order valence-electron chi connectivity index (χ1n) is 8.96. The maximum atomic E-state index is 12.9. The molecule has 0 atom stereocenters. The topological polar surface area (TPSA) is 73.6 Å². The lowest BCUT2D eigenvalue weighted by molar-refractivity contribution is -0.120. The molecule has 0 bridgehead atoms. The molecule has 4 rings (SSSR count). The van der Waals surface area contributed by atoms with Crippen LogP contribution < -0.4 is 14.8 Å². The molecule has 28 heavy (non-hydrogen) atoms. The highest BCUT2D eigenvalue weighted by atomic mass is 19.1. The van der Waals surface area contributed by atoms with Gasteiger partial charge in [0.1, 0.15) is 11.6 Å². The van der Waals surface area contributed by atoms with Crippen LogP contribution in [-0.2, 0) is 17.6 Å². The molecule has 1 aliphatic rings. The van der Waals surface area contributed by atoms with Crippen LogP contribution in [-0.4, -0.2) is 24.2 Å². The van der Waals surface area contributed by atoms with Crippen LogP contribution in [0.25, 0.3) is 11.5 Å². The number of hydrogen-bond donors (Lipinski definition) is 1. The maximum Gasteiger partial charge on any atom is 0.231 e. The Morgan fingerprint density at radius 1 is 1.14 bits per heavy atom. The molecule has 2 heterocycles. The molecule has 1 N–H and O–H groups in total. The molecule has 1 aliphatic heterocycles. The molecular formula is C21H19FN2O4. The van der Waals surface area contributed by atoms with Gasteiger partial charge in [-0.25, -0.2) is 9.37 Å². The number of rotatable bonds is 6. The van der Waals surface area contributed by atoms with Crippen molar-refractivity contribution in [3.05, 3.63) is 65.3 Å². The van der Waals surface area contributed by atoms with Gasteiger partial charge in [-0.2, -0.15) is 0 Å². The van der Waals surface area contributed by atoms with E-state index in [2.05, 4.69) is 10.3 Å². The van der Waals surface area contributed by atoms with E-state index in [9.17, 15) is 9.18 Å². The second-order valence-corrected chi connectivity index (χ2v) is 6.49. The summed E-state index contributed by atoms with van der Waals surface area (Å²) in [5.41, 5.74) is 2.31. The molecule has 0 saturated carbocycles. The molecular weight excluding hydrogens is 363 g/mol. The zero-order valence-corrected chi connectivity index (χ0v) is 15.3. The summed E-state index contributed by atoms with van der Waals surface area (Å²) in [4.78, 5) is 16.7. The number of carbonyl (C=O) groups is 1. The van der Waals surface area contributed by atoms with Crippen molar-refractivity contribution < 1.29 is 23.1 Å². The zero-order chi connectivity index (χ0) is 19.5. The number of carbonyl (C=O) groups excluding carboxylic acids is 1. The van der Waals surface area contributed by atoms with Crippen LogP contribution in [0, 0.1) is 12.7 Å². The van der Waals surface area contributed by atoms with Crippen LogP contribution in [0.2, 0.25) is 0 Å². The van der Waals surface area contributed by atoms with Gasteiger partial charge in [0.2, 0.25) is 18.6 Å². The van der Waals surface area contributed by atoms with Crippen LogP contribution in [0.15, 0.2) is 46.9 Å². The molecule has 0 unspecified atom stereocenters. The second-order valence-electron chi connectivity index (χ2n) is 6.49. The number of nitrogens with zero attached hydrogens (tertiary/aromatic N) is 1. The molecule has 1 amide bonds. The molecule has 0 radical (unpaired) electrons. The third-order valence-electron chi connectivity index (χ3n) is 4.49. The summed E-state index contributed by atoms with van der Waals surface area (Å²) >= 11 is 0. The number of nitrogens with one attached hydrogen (secondary N) is 1. The lowest BCUT2D eigenvalue weighted by Crippen LogP contribution is -2.27. The van der Waals surface area contributed by atoms with Crippen molar-refractivity contribution in [3.8, 4) is 23.0 Å². The minimum Gasteiger partial charge on any atom is -0.454 e. The minimum atomic E-state index is -0.271. The van der Waals surface area contributed by atoms with E-state index in [0.717, 1.165) is 11.1 Å². The first-order valence-corrected chi connectivity index (χ1v) is 8.96. The number of oxazole rings is 1. The lowest BCUT2D eigenvalue weighted by atomic mass is 10.1. The molecule has 3 aromatic rings. The highest BCUT2D eigenvalue weighted by Gasteiger charge is 2.18. The summed E-state index contributed by atoms with van der Waals surface area (Å²) < 4.78 is 29.3. The second kappa shape index (κ2) is 7.72. The summed E-state index contributed by atoms with van der Waals surface area (Å²) in [5.74, 6) is 1.95. The number of aromatic nitrogens is 1. The smallest absolute Gasteiger partial charge is 0.231 e. The van der Waals surface area contributed by atoms with Gasteiger partial charge in [-0.05, 0) is 49.2 Å². The van der Waals surface area contributed by atoms with E-state index < -0.39 is 0 Å². The molecule has 7 heteroatoms. The minimum absolute atomic E-state index is 0.128. The molecule has 6 nitrogen and oxygen atoms in total. The van der Waals surface area contributed by atoms with Crippen molar-refractivity contribution in [1.29, 1.82) is 0 Å². The average Bonchev–Trinajstić information content (AvgIpc) is 3.29. The van der Waals surface area contributed by atoms with Gasteiger partial charge >= 0.3 is 0 Å². The standard InChI is InChI=1S/C21H19FN2O4/c1-13-17(11-20(25)23-9-8-14-2-5-16(22)6-3-14)24-21(28-13)15-4-7-18-19(10-15)27-12-26-18/h2-7,10H,8-9,11-12H2,1H3,(H,23,25). The quantitative estimate of drug-likeness (QED) is 0.707. The Labute approximate surface area is 161 Å². The molecule has 0 fully saturated rings. The van der Waals surface area contributed by atoms with Crippen LogP contribution >= 0.6 is 0 Å². The third kappa shape index (κ3) is 3.98. The summed E-state index contributed by atoms with van der Waals surface area (Å²) in [7, 11) is 0. The van der Waals surface area contributed by atoms with Crippen molar-refractivity contribution in [3.63, 3.8) is 0 Å². The van der Waals surface area contributed by atoms with Crippen molar-refractivity contribution >= 4 is 5.91 Å². The number of halogens is 1. The van der Waals surface area contributed by atoms with Crippen molar-refractivity contribution in [2.75, 3.05) is 13.3 Å². The fourth-order valence-corrected chi connectivity index (χ4v) is 2.96. The molecule has 1 aromatic heterocycles. The molecule has 0 spiro atoms. The largest absolute Gasteiger partial charge is 0.454 e. The third-order valence-corrected chi connectivity index (χ3v) is 4.49. The van der Waals surface area contributed by atoms with Crippen LogP contribution in [0.5, 0.6) is 11.5 Å². The molecule has 2 aromatic carbocycles. The van der Waals surface area contributed by atoms with Gasteiger partial charge in [-0.1, -0.05) is 12.1 Å². The monoisotopic (exact) mass is 382 g/mol. The van der Waals surface area contributed by atoms with E-state index in [-0.39, 0.29) is 24.9 Å². The van der Waals surface area contributed by atoms with E-state index >= 15 is 0 Å². The molecule has 0 saturated heterocycles. The summed E-state index contributed by atoms with van der Waals surface area (Å²) in [6, 6.07) is 11.7. The maximum absolute atomic E-state index is 12.9. The first kappa shape index (κ1) is 18.0. The van der Waals surface area contributed by atoms with Crippen molar-refractivity contribution in [1.82, 2.24) is 10.3 Å². The number of aryl methyl sites for hydroxylation is 1. The number of ether oxygens (including phenoxy) is 2. The zero-order valence-electron chi connectivity index (χ0n) is 15.3. The summed E-state index contributed by atoms with van der Waals surface area (Å²) in [5, 5.41) is 2.85. The van der Waals surface area contributed by atoms with Gasteiger partial charge < -0.3 is 19.2 Å². The Morgan fingerprint density at radius 3 is 2.75 bits per heavy atom. The van der Waals surface area contributed by atoms with Crippen LogP contribution in [0.3, 0.4) is 0 Å². The molecule has 144 valence electrons. The number of fused-ring (bicyclic) bond motifs is 1. The van der Waals surface area contributed by atoms with Crippen molar-refractivity contribution in [2.45, 2.75) is 19.8 Å². The Bertz CT molecular complexity index is 998. The van der Waals surface area contributed by atoms with Gasteiger partial charge in [0.25, 0.3) is 0 Å². The number of benzene rings is 2. The van der Waals surface area contributed by atoms with E-state index in [1.165, 1.54) is 12.1 Å². The van der Waals surface area contributed by atoms with Gasteiger partial charge in [0.05, 0.1) is 12.1 Å². The van der Waals surface area contributed by atoms with E-state index in [0.29, 0.717) is 41.8 Å². The normalized spacial score (nSPS) is 12.2. The van der Waals surface area contributed by atoms with Gasteiger partial charge in [-0.15, -0.1) is 0 Å². The average molecular weight is 382 g/mol. The SMILES string of the molecule is Cc1oc(-c2ccc3c(c2)OCO3)nc1CC(=O)NCCc1ccc(F)cc1. The van der Waals surface area contributed by atoms with E-state index in [1.54, 1.807) is 31.2 Å². The van der Waals surface area contributed by atoms with Crippen molar-refractivity contribution in [2.24, 2.45) is 0 Å². The van der Waals surface area contributed by atoms with Gasteiger partial charge in [-0.3, -0.25) is 4.79 Å². The number of hydrogen-bond acceptors (Lipinski definition) is 5.